The fraction of sp³-hybridized carbons (Fsp3) is 0.733. The molecule has 0 amide bonds. The molecule has 20 heavy (non-hydrogen) atoms. The summed E-state index contributed by atoms with van der Waals surface area (Å²) >= 11 is 5.63. The molecule has 0 unspecified atom stereocenters. The third kappa shape index (κ3) is 2.03. The monoisotopic (exact) mass is 292 g/mol. The Kier molecular flexibility index (Phi) is 3.48. The number of nitrogens with zero attached hydrogens (tertiary/aromatic N) is 3. The summed E-state index contributed by atoms with van der Waals surface area (Å²) in [5.41, 5.74) is 3.61. The number of hydrogen-bond acceptors (Lipinski definition) is 2. The molecule has 0 atom stereocenters. The maximum atomic E-state index is 5.63. The zero-order valence-electron chi connectivity index (χ0n) is 12.7. The Hall–Kier alpha value is -1.10. The van der Waals surface area contributed by atoms with Crippen LogP contribution in [0.2, 0.25) is 0 Å². The molecule has 0 aliphatic heterocycles. The van der Waals surface area contributed by atoms with Crippen LogP contribution in [0.15, 0.2) is 0 Å². The van der Waals surface area contributed by atoms with Gasteiger partial charge in [0.05, 0.1) is 5.69 Å². The molecule has 1 fully saturated rings. The number of H-pyrrole nitrogens is 1. The Morgan fingerprint density at radius 1 is 1.30 bits per heavy atom. The third-order valence-electron chi connectivity index (χ3n) is 4.69. The number of aromatic amines is 1. The number of aromatic nitrogens is 4. The lowest BCUT2D eigenvalue weighted by Gasteiger charge is -2.35. The van der Waals surface area contributed by atoms with Crippen LogP contribution in [-0.4, -0.2) is 19.3 Å². The first-order chi connectivity index (χ1) is 9.57. The van der Waals surface area contributed by atoms with Crippen LogP contribution in [0.5, 0.6) is 0 Å². The first-order valence-electron chi connectivity index (χ1n) is 7.74. The lowest BCUT2D eigenvalue weighted by molar-refractivity contribution is 0.220. The highest BCUT2D eigenvalue weighted by molar-refractivity contribution is 7.71. The molecule has 2 heterocycles. The van der Waals surface area contributed by atoms with Crippen molar-refractivity contribution in [1.82, 2.24) is 19.3 Å². The SMILES string of the molecule is CCCc1nn(C)c2c1[nH]c(=S)n2C1(C)CCCCC1. The van der Waals surface area contributed by atoms with Crippen molar-refractivity contribution in [3.8, 4) is 0 Å². The zero-order chi connectivity index (χ0) is 14.3. The minimum atomic E-state index is 0.144. The van der Waals surface area contributed by atoms with E-state index in [1.807, 2.05) is 11.7 Å². The molecule has 4 nitrogen and oxygen atoms in total. The van der Waals surface area contributed by atoms with Crippen LogP contribution in [0.25, 0.3) is 11.2 Å². The molecule has 0 saturated heterocycles. The first-order valence-corrected chi connectivity index (χ1v) is 8.15. The van der Waals surface area contributed by atoms with E-state index < -0.39 is 0 Å². The Morgan fingerprint density at radius 3 is 2.65 bits per heavy atom. The van der Waals surface area contributed by atoms with E-state index in [4.69, 9.17) is 12.2 Å². The molecular formula is C15H24N4S. The maximum absolute atomic E-state index is 5.63. The third-order valence-corrected chi connectivity index (χ3v) is 4.98. The minimum Gasteiger partial charge on any atom is -0.328 e. The van der Waals surface area contributed by atoms with Crippen molar-refractivity contribution in [3.05, 3.63) is 10.5 Å². The summed E-state index contributed by atoms with van der Waals surface area (Å²) in [7, 11) is 2.03. The first kappa shape index (κ1) is 13.9. The fourth-order valence-corrected chi connectivity index (χ4v) is 4.07. The second kappa shape index (κ2) is 5.02. The molecule has 0 bridgehead atoms. The van der Waals surface area contributed by atoms with Crippen LogP contribution in [0, 0.1) is 4.77 Å². The number of rotatable bonds is 3. The second-order valence-corrected chi connectivity index (χ2v) is 6.73. The molecule has 1 aliphatic rings. The fourth-order valence-electron chi connectivity index (χ4n) is 3.66. The van der Waals surface area contributed by atoms with Gasteiger partial charge in [-0.05, 0) is 38.4 Å². The molecule has 3 rings (SSSR count). The standard InChI is InChI=1S/C15H24N4S/c1-4-8-11-12-13(18(3)17-11)19(14(20)16-12)15(2)9-6-5-7-10-15/h4-10H2,1-3H3,(H,16,20). The van der Waals surface area contributed by atoms with Gasteiger partial charge in [-0.1, -0.05) is 32.6 Å². The minimum absolute atomic E-state index is 0.144. The van der Waals surface area contributed by atoms with E-state index in [1.165, 1.54) is 37.8 Å². The molecule has 0 aromatic carbocycles. The number of hydrogen-bond donors (Lipinski definition) is 1. The average molecular weight is 292 g/mol. The van der Waals surface area contributed by atoms with Gasteiger partial charge in [0.1, 0.15) is 5.52 Å². The molecule has 5 heteroatoms. The van der Waals surface area contributed by atoms with E-state index in [1.54, 1.807) is 0 Å². The molecule has 2 aromatic rings. The van der Waals surface area contributed by atoms with Gasteiger partial charge in [-0.2, -0.15) is 5.10 Å². The molecule has 1 saturated carbocycles. The molecule has 0 spiro atoms. The van der Waals surface area contributed by atoms with E-state index in [0.29, 0.717) is 0 Å². The van der Waals surface area contributed by atoms with Gasteiger partial charge in [0.25, 0.3) is 0 Å². The van der Waals surface area contributed by atoms with Gasteiger partial charge in [0.2, 0.25) is 0 Å². The molecule has 2 aromatic heterocycles. The summed E-state index contributed by atoms with van der Waals surface area (Å²) < 4.78 is 5.20. The van der Waals surface area contributed by atoms with Crippen LogP contribution in [0.1, 0.15) is 58.1 Å². The Bertz CT molecular complexity index is 670. The van der Waals surface area contributed by atoms with Crippen LogP contribution in [0.4, 0.5) is 0 Å². The summed E-state index contributed by atoms with van der Waals surface area (Å²) in [6, 6.07) is 0. The normalized spacial score (nSPS) is 18.8. The predicted molar refractivity (Wildman–Crippen MR) is 84.6 cm³/mol. The van der Waals surface area contributed by atoms with Crippen molar-refractivity contribution in [1.29, 1.82) is 0 Å². The van der Waals surface area contributed by atoms with Crippen molar-refractivity contribution >= 4 is 23.4 Å². The van der Waals surface area contributed by atoms with Gasteiger partial charge in [-0.15, -0.1) is 0 Å². The van der Waals surface area contributed by atoms with E-state index in [2.05, 4.69) is 28.5 Å². The van der Waals surface area contributed by atoms with Crippen molar-refractivity contribution in [2.45, 2.75) is 64.3 Å². The Labute approximate surface area is 125 Å². The quantitative estimate of drug-likeness (QED) is 0.866. The number of aryl methyl sites for hydroxylation is 2. The number of fused-ring (bicyclic) bond motifs is 1. The highest BCUT2D eigenvalue weighted by atomic mass is 32.1. The number of nitrogens with one attached hydrogen (secondary N) is 1. The predicted octanol–water partition coefficient (Wildman–Crippen LogP) is 4.06. The smallest absolute Gasteiger partial charge is 0.179 e. The van der Waals surface area contributed by atoms with E-state index in [-0.39, 0.29) is 5.54 Å². The molecule has 0 radical (unpaired) electrons. The van der Waals surface area contributed by atoms with Crippen molar-refractivity contribution < 1.29 is 0 Å². The van der Waals surface area contributed by atoms with E-state index in [9.17, 15) is 0 Å². The van der Waals surface area contributed by atoms with Gasteiger partial charge in [-0.25, -0.2) is 0 Å². The Morgan fingerprint density at radius 2 is 2.00 bits per heavy atom. The van der Waals surface area contributed by atoms with Gasteiger partial charge >= 0.3 is 0 Å². The lowest BCUT2D eigenvalue weighted by Crippen LogP contribution is -2.33. The van der Waals surface area contributed by atoms with Crippen LogP contribution >= 0.6 is 12.2 Å². The van der Waals surface area contributed by atoms with Crippen LogP contribution in [0.3, 0.4) is 0 Å². The van der Waals surface area contributed by atoms with Crippen molar-refractivity contribution in [3.63, 3.8) is 0 Å². The average Bonchev–Trinajstić information content (AvgIpc) is 2.89. The topological polar surface area (TPSA) is 38.5 Å². The second-order valence-electron chi connectivity index (χ2n) is 6.34. The highest BCUT2D eigenvalue weighted by Crippen LogP contribution is 2.37. The highest BCUT2D eigenvalue weighted by Gasteiger charge is 2.32. The number of imidazole rings is 1. The summed E-state index contributed by atoms with van der Waals surface area (Å²) in [6.07, 6.45) is 8.47. The molecule has 1 N–H and O–H groups in total. The van der Waals surface area contributed by atoms with E-state index in [0.717, 1.165) is 28.8 Å². The van der Waals surface area contributed by atoms with Gasteiger partial charge in [0.15, 0.2) is 10.4 Å². The van der Waals surface area contributed by atoms with Gasteiger partial charge in [-0.3, -0.25) is 9.25 Å². The summed E-state index contributed by atoms with van der Waals surface area (Å²) in [5, 5.41) is 4.69. The zero-order valence-corrected chi connectivity index (χ0v) is 13.5. The molecule has 110 valence electrons. The Balaban J connectivity index is 2.20. The van der Waals surface area contributed by atoms with Crippen molar-refractivity contribution in [2.24, 2.45) is 7.05 Å². The van der Waals surface area contributed by atoms with E-state index >= 15 is 0 Å². The maximum Gasteiger partial charge on any atom is 0.179 e. The molecule has 1 aliphatic carbocycles. The summed E-state index contributed by atoms with van der Waals surface area (Å²) in [5.74, 6) is 0. The van der Waals surface area contributed by atoms with Gasteiger partial charge in [0, 0.05) is 12.6 Å². The van der Waals surface area contributed by atoms with Crippen molar-refractivity contribution in [2.75, 3.05) is 0 Å². The van der Waals surface area contributed by atoms with Gasteiger partial charge < -0.3 is 4.98 Å². The van der Waals surface area contributed by atoms with Crippen LogP contribution in [-0.2, 0) is 19.0 Å². The van der Waals surface area contributed by atoms with Crippen LogP contribution < -0.4 is 0 Å². The lowest BCUT2D eigenvalue weighted by atomic mass is 9.83. The summed E-state index contributed by atoms with van der Waals surface area (Å²) in [6.45, 7) is 4.54. The largest absolute Gasteiger partial charge is 0.328 e. The summed E-state index contributed by atoms with van der Waals surface area (Å²) in [4.78, 5) is 3.42. The molecular weight excluding hydrogens is 268 g/mol.